The fourth-order valence-corrected chi connectivity index (χ4v) is 5.88. The molecule has 0 saturated carbocycles. The number of nitrogens with zero attached hydrogens (tertiary/aromatic N) is 2. The molecular weight excluding hydrogens is 578 g/mol. The van der Waals surface area contributed by atoms with Gasteiger partial charge in [-0.3, -0.25) is 13.9 Å². The van der Waals surface area contributed by atoms with Gasteiger partial charge in [0, 0.05) is 30.6 Å². The van der Waals surface area contributed by atoms with Crippen LogP contribution in [0.15, 0.2) is 72.8 Å². The maximum absolute atomic E-state index is 14.2. The van der Waals surface area contributed by atoms with E-state index in [1.54, 1.807) is 42.5 Å². The summed E-state index contributed by atoms with van der Waals surface area (Å²) in [6.07, 6.45) is 1.92. The third-order valence-corrected chi connectivity index (χ3v) is 9.13. The van der Waals surface area contributed by atoms with Gasteiger partial charge in [0.25, 0.3) is 0 Å². The van der Waals surface area contributed by atoms with Crippen LogP contribution in [0.2, 0.25) is 5.02 Å². The molecule has 0 aromatic heterocycles. The summed E-state index contributed by atoms with van der Waals surface area (Å²) in [4.78, 5) is 29.4. The lowest BCUT2D eigenvalue weighted by molar-refractivity contribution is -0.140. The van der Waals surface area contributed by atoms with E-state index in [0.29, 0.717) is 28.6 Å². The van der Waals surface area contributed by atoms with Crippen molar-refractivity contribution < 1.29 is 27.5 Å². The number of halogens is 1. The molecule has 0 unspecified atom stereocenters. The second-order valence-corrected chi connectivity index (χ2v) is 12.5. The van der Waals surface area contributed by atoms with E-state index in [1.807, 2.05) is 37.3 Å². The molecule has 42 heavy (non-hydrogen) atoms. The Morgan fingerprint density at radius 2 is 1.69 bits per heavy atom. The van der Waals surface area contributed by atoms with Crippen LogP contribution in [0.1, 0.15) is 37.8 Å². The molecule has 3 aromatic carbocycles. The molecule has 1 heterocycles. The quantitative estimate of drug-likeness (QED) is 0.262. The van der Waals surface area contributed by atoms with Crippen LogP contribution < -0.4 is 19.1 Å². The van der Waals surface area contributed by atoms with E-state index in [4.69, 9.17) is 21.1 Å². The van der Waals surface area contributed by atoms with Crippen LogP contribution in [-0.4, -0.2) is 56.8 Å². The van der Waals surface area contributed by atoms with Crippen LogP contribution in [0.3, 0.4) is 0 Å². The summed E-state index contributed by atoms with van der Waals surface area (Å²) in [5, 5.41) is 3.41. The lowest BCUT2D eigenvalue weighted by atomic mass is 10.0. The fourth-order valence-electron chi connectivity index (χ4n) is 4.63. The highest BCUT2D eigenvalue weighted by atomic mass is 35.5. The molecule has 3 aromatic rings. The minimum atomic E-state index is -3.90. The van der Waals surface area contributed by atoms with Gasteiger partial charge in [0.15, 0.2) is 11.5 Å². The van der Waals surface area contributed by atoms with Gasteiger partial charge in [-0.05, 0) is 42.7 Å². The van der Waals surface area contributed by atoms with E-state index >= 15 is 0 Å². The molecule has 0 bridgehead atoms. The molecule has 0 saturated heterocycles. The van der Waals surface area contributed by atoms with Crippen molar-refractivity contribution in [3.8, 4) is 11.5 Å². The molecule has 0 radical (unpaired) electrons. The maximum Gasteiger partial charge on any atom is 0.244 e. The number of hydrogen-bond donors (Lipinski definition) is 1. The van der Waals surface area contributed by atoms with Gasteiger partial charge in [0.05, 0.1) is 11.4 Å². The molecule has 1 aliphatic rings. The molecule has 9 nitrogen and oxygen atoms in total. The van der Waals surface area contributed by atoms with Crippen LogP contribution in [0.25, 0.3) is 0 Å². The van der Waals surface area contributed by atoms with E-state index in [2.05, 4.69) is 5.32 Å². The minimum Gasteiger partial charge on any atom is -0.454 e. The Balaban J connectivity index is 1.74. The lowest BCUT2D eigenvalue weighted by Crippen LogP contribution is -2.53. The average Bonchev–Trinajstić information content (AvgIpc) is 3.47. The summed E-state index contributed by atoms with van der Waals surface area (Å²) in [6, 6.07) is 20.3. The fraction of sp³-hybridized carbons (Fsp3) is 0.355. The van der Waals surface area contributed by atoms with Crippen LogP contribution in [-0.2, 0) is 32.6 Å². The molecule has 224 valence electrons. The van der Waals surface area contributed by atoms with E-state index in [0.717, 1.165) is 22.7 Å². The number of carbonyl (C=O) groups excluding carboxylic acids is 2. The Kier molecular flexibility index (Phi) is 10.7. The first-order valence-electron chi connectivity index (χ1n) is 14.0. The number of hydrogen-bond acceptors (Lipinski definition) is 6. The summed E-state index contributed by atoms with van der Waals surface area (Å²) in [6.45, 7) is 3.52. The predicted octanol–water partition coefficient (Wildman–Crippen LogP) is 4.78. The number of unbranched alkanes of at least 4 members (excludes halogenated alkanes) is 1. The van der Waals surface area contributed by atoms with Crippen LogP contribution in [0, 0.1) is 0 Å². The topological polar surface area (TPSA) is 105 Å². The molecule has 1 N–H and O–H groups in total. The first-order valence-corrected chi connectivity index (χ1v) is 16.0. The Labute approximate surface area is 252 Å². The standard InChI is InChI=1S/C31H36ClN3O6S/c1-3-5-17-33-31(37)27(18-23-11-7-6-8-12-23)34(20-24-13-9-10-14-26(24)32)30(36)21-35(42(38,39)4-2)25-15-16-28-29(19-25)41-22-40-28/h6-16,19,27H,3-5,17-18,20-22H2,1-2H3,(H,33,37)/t27-/m0/s1. The molecule has 2 amide bonds. The lowest BCUT2D eigenvalue weighted by Gasteiger charge is -2.34. The van der Waals surface area contributed by atoms with Crippen LogP contribution >= 0.6 is 11.6 Å². The SMILES string of the molecule is CCCCNC(=O)[C@H](Cc1ccccc1)N(Cc1ccccc1Cl)C(=O)CN(c1ccc2c(c1)OCO2)S(=O)(=O)CC. The summed E-state index contributed by atoms with van der Waals surface area (Å²) < 4.78 is 38.5. The van der Waals surface area contributed by atoms with Gasteiger partial charge in [-0.1, -0.05) is 73.5 Å². The highest BCUT2D eigenvalue weighted by molar-refractivity contribution is 7.92. The van der Waals surface area contributed by atoms with Crippen molar-refractivity contribution in [2.24, 2.45) is 0 Å². The van der Waals surface area contributed by atoms with Crippen molar-refractivity contribution in [3.63, 3.8) is 0 Å². The largest absolute Gasteiger partial charge is 0.454 e. The van der Waals surface area contributed by atoms with Gasteiger partial charge in [0.2, 0.25) is 28.6 Å². The highest BCUT2D eigenvalue weighted by Crippen LogP contribution is 2.36. The number of carbonyl (C=O) groups is 2. The summed E-state index contributed by atoms with van der Waals surface area (Å²) >= 11 is 6.50. The van der Waals surface area contributed by atoms with Crippen molar-refractivity contribution in [2.75, 3.05) is 29.9 Å². The van der Waals surface area contributed by atoms with Crippen molar-refractivity contribution in [2.45, 2.75) is 45.7 Å². The van der Waals surface area contributed by atoms with Crippen molar-refractivity contribution >= 4 is 39.1 Å². The number of rotatable bonds is 14. The van der Waals surface area contributed by atoms with Gasteiger partial charge in [0.1, 0.15) is 12.6 Å². The number of ether oxygens (including phenoxy) is 2. The minimum absolute atomic E-state index is 0.0123. The van der Waals surface area contributed by atoms with Gasteiger partial charge >= 0.3 is 0 Å². The number of nitrogens with one attached hydrogen (secondary N) is 1. The van der Waals surface area contributed by atoms with E-state index < -0.39 is 28.5 Å². The number of sulfonamides is 1. The first-order chi connectivity index (χ1) is 20.2. The van der Waals surface area contributed by atoms with E-state index in [9.17, 15) is 18.0 Å². The number of anilines is 1. The smallest absolute Gasteiger partial charge is 0.244 e. The van der Waals surface area contributed by atoms with Gasteiger partial charge in [-0.2, -0.15) is 0 Å². The molecule has 0 spiro atoms. The number of fused-ring (bicyclic) bond motifs is 1. The molecule has 11 heteroatoms. The number of benzene rings is 3. The molecule has 4 rings (SSSR count). The third kappa shape index (κ3) is 7.74. The molecule has 1 atom stereocenters. The second-order valence-electron chi connectivity index (χ2n) is 9.91. The predicted molar refractivity (Wildman–Crippen MR) is 163 cm³/mol. The zero-order valence-electron chi connectivity index (χ0n) is 23.8. The molecule has 1 aliphatic heterocycles. The Hall–Kier alpha value is -3.76. The third-order valence-electron chi connectivity index (χ3n) is 7.02. The van der Waals surface area contributed by atoms with E-state index in [1.165, 1.54) is 11.8 Å². The number of amides is 2. The second kappa shape index (κ2) is 14.4. The van der Waals surface area contributed by atoms with Crippen LogP contribution in [0.5, 0.6) is 11.5 Å². The van der Waals surface area contributed by atoms with Gasteiger partial charge in [-0.25, -0.2) is 8.42 Å². The first kappa shape index (κ1) is 31.2. The van der Waals surface area contributed by atoms with Crippen molar-refractivity contribution in [1.29, 1.82) is 0 Å². The Bertz CT molecular complexity index is 1480. The average molecular weight is 614 g/mol. The summed E-state index contributed by atoms with van der Waals surface area (Å²) in [7, 11) is -3.90. The zero-order valence-corrected chi connectivity index (χ0v) is 25.4. The molecule has 0 aliphatic carbocycles. The van der Waals surface area contributed by atoms with E-state index in [-0.39, 0.29) is 37.1 Å². The monoisotopic (exact) mass is 613 g/mol. The molecular formula is C31H36ClN3O6S. The summed E-state index contributed by atoms with van der Waals surface area (Å²) in [5.41, 5.74) is 1.76. The van der Waals surface area contributed by atoms with Crippen molar-refractivity contribution in [3.05, 3.63) is 88.9 Å². The molecule has 0 fully saturated rings. The maximum atomic E-state index is 14.2. The van der Waals surface area contributed by atoms with Gasteiger partial charge < -0.3 is 19.7 Å². The van der Waals surface area contributed by atoms with Gasteiger partial charge in [-0.15, -0.1) is 0 Å². The zero-order chi connectivity index (χ0) is 30.1. The Morgan fingerprint density at radius 3 is 2.40 bits per heavy atom. The normalized spacial score (nSPS) is 12.9. The van der Waals surface area contributed by atoms with Crippen molar-refractivity contribution in [1.82, 2.24) is 10.2 Å². The van der Waals surface area contributed by atoms with Crippen LogP contribution in [0.4, 0.5) is 5.69 Å². The Morgan fingerprint density at radius 1 is 0.976 bits per heavy atom. The summed E-state index contributed by atoms with van der Waals surface area (Å²) in [5.74, 6) is -0.214. The highest BCUT2D eigenvalue weighted by Gasteiger charge is 2.34.